The van der Waals surface area contributed by atoms with Crippen LogP contribution in [0.5, 0.6) is 0 Å². The molecule has 7 N–H and O–H groups in total. The molecule has 56 heavy (non-hydrogen) atoms. The Hall–Kier alpha value is -4.16. The number of urea groups is 1. The molecule has 0 spiro atoms. The number of carbonyl (C=O) groups excluding carboxylic acids is 8. The molecule has 1 aromatic carbocycles. The molecule has 0 bridgehead atoms. The van der Waals surface area contributed by atoms with Gasteiger partial charge in [-0.25, -0.2) is 4.79 Å². The monoisotopic (exact) mass is 881 g/mol. The summed E-state index contributed by atoms with van der Waals surface area (Å²) in [5, 5.41) is 40.9. The quantitative estimate of drug-likeness (QED) is 0.0282. The summed E-state index contributed by atoms with van der Waals surface area (Å²) in [6, 6.07) is 3.93. The number of carbonyl (C=O) groups is 8. The topological polar surface area (TPSA) is 284 Å². The van der Waals surface area contributed by atoms with Gasteiger partial charge in [-0.2, -0.15) is 11.8 Å². The number of carboxylic acid groups (broad SMARTS) is 2. The molecular formula is C35H48AsN7O11S2-2. The number of hydrogen-bond donors (Lipinski definition) is 7. The number of benzene rings is 1. The third-order valence-electron chi connectivity index (χ3n) is 8.92. The van der Waals surface area contributed by atoms with Gasteiger partial charge in [-0.15, -0.1) is 0 Å². The molecular weight excluding hydrogens is 833 g/mol. The summed E-state index contributed by atoms with van der Waals surface area (Å²) in [4.78, 5) is 96.3. The summed E-state index contributed by atoms with van der Waals surface area (Å²) >= 11 is 1.64. The second-order valence-electron chi connectivity index (χ2n) is 13.3. The molecule has 2 saturated heterocycles. The molecule has 2 aliphatic rings. The zero-order chi connectivity index (χ0) is 40.9. The maximum atomic E-state index is 12.7. The molecule has 2 aliphatic heterocycles. The van der Waals surface area contributed by atoms with Crippen LogP contribution in [0.1, 0.15) is 70.6 Å². The van der Waals surface area contributed by atoms with Gasteiger partial charge in [0.1, 0.15) is 6.09 Å². The van der Waals surface area contributed by atoms with Crippen LogP contribution in [0.15, 0.2) is 24.3 Å². The van der Waals surface area contributed by atoms with Crippen molar-refractivity contribution in [1.29, 1.82) is 0 Å². The van der Waals surface area contributed by atoms with Crippen molar-refractivity contribution in [2.24, 2.45) is 0 Å². The van der Waals surface area contributed by atoms with Crippen LogP contribution in [-0.2, 0) is 32.5 Å². The second kappa shape index (κ2) is 25.2. The molecule has 2 fully saturated rings. The van der Waals surface area contributed by atoms with Crippen LogP contribution < -0.4 is 51.8 Å². The normalized spacial score (nSPS) is 18.1. The van der Waals surface area contributed by atoms with Crippen molar-refractivity contribution in [3.8, 4) is 0 Å². The summed E-state index contributed by atoms with van der Waals surface area (Å²) in [6.07, 6.45) is 3.26. The van der Waals surface area contributed by atoms with Gasteiger partial charge in [-0.05, 0) is 32.1 Å². The summed E-state index contributed by atoms with van der Waals surface area (Å²) in [5.74, 6) is -3.36. The van der Waals surface area contributed by atoms with E-state index in [4.69, 9.17) is 0 Å². The Labute approximate surface area is 339 Å². The van der Waals surface area contributed by atoms with Crippen LogP contribution >= 0.6 is 23.5 Å². The third kappa shape index (κ3) is 17.7. The molecule has 0 saturated carbocycles. The summed E-state index contributed by atoms with van der Waals surface area (Å²) in [6.45, 7) is -0.168. The average Bonchev–Trinajstić information content (AvgIpc) is 3.72. The number of Topliss-reactive ketones (excluding diaryl/α,β-unsaturated/α-hetero) is 1. The fourth-order valence-electron chi connectivity index (χ4n) is 5.98. The molecule has 5 atom stereocenters. The Bertz CT molecular complexity index is 1560. The third-order valence-corrected chi connectivity index (χ3v) is 12.5. The number of amides is 7. The Balaban J connectivity index is 1.27. The van der Waals surface area contributed by atoms with Gasteiger partial charge < -0.3 is 46.4 Å². The van der Waals surface area contributed by atoms with Gasteiger partial charge in [0.05, 0.1) is 24.1 Å². The van der Waals surface area contributed by atoms with Crippen LogP contribution in [0.3, 0.4) is 0 Å². The van der Waals surface area contributed by atoms with E-state index < -0.39 is 76.3 Å². The zero-order valence-electron chi connectivity index (χ0n) is 30.8. The van der Waals surface area contributed by atoms with E-state index in [2.05, 4.69) is 31.9 Å². The molecule has 2 heterocycles. The number of carboxylic acids is 1. The SMILES string of the molecule is O=[As]c1ccc(NC(=O)CSC[C@H](NC(=O)CC[C@H](NC(=O)CCCCCCNC(=O)CCCCC2SC[C@@H]3NC(=O)N[C@H]23)C(=O)[O-])C(=O)CNC(=O)[O-])cc1. The minimum atomic E-state index is -1.70. The number of nitrogens with one attached hydrogen (secondary N) is 7. The molecule has 18 nitrogen and oxygen atoms in total. The predicted octanol–water partition coefficient (Wildman–Crippen LogP) is -2.17. The Morgan fingerprint density at radius 3 is 2.21 bits per heavy atom. The number of aliphatic carboxylic acids is 1. The Morgan fingerprint density at radius 1 is 0.821 bits per heavy atom. The number of thioether (sulfide) groups is 2. The van der Waals surface area contributed by atoms with Crippen molar-refractivity contribution < 1.29 is 52.3 Å². The van der Waals surface area contributed by atoms with Crippen LogP contribution in [0, 0.1) is 0 Å². The molecule has 308 valence electrons. The summed E-state index contributed by atoms with van der Waals surface area (Å²) < 4.78 is 11.7. The molecule has 0 aliphatic carbocycles. The van der Waals surface area contributed by atoms with Crippen LogP contribution in [-0.4, -0.2) is 123 Å². The van der Waals surface area contributed by atoms with Gasteiger partial charge in [0, 0.05) is 36.8 Å². The minimum absolute atomic E-state index is 0.0185. The second-order valence-corrected chi connectivity index (χ2v) is 17.1. The molecule has 21 heteroatoms. The standard InChI is InChI=1S/C35H50AsN7O11S2/c44-26(17-38-35(52)53)24(18-55-20-31(48)39-22-12-10-21(36-54)11-13-22)41-30(47)15-14-23(33(49)50)40-29(46)9-3-1-2-6-16-37-28(45)8-5-4-7-27-32-25(19-56-27)42-34(51)43-32/h10-13,23-25,27,32,38H,1-9,14-20H2,(H,37,45)(H,39,48)(H,40,46)(H,41,47)(H,49,50)(H,52,53)(H2,42,43,51)/p-2/t23-,24-,25-,27?,32-/m0/s1. The van der Waals surface area contributed by atoms with E-state index in [1.807, 2.05) is 17.1 Å². The van der Waals surface area contributed by atoms with E-state index in [0.29, 0.717) is 41.1 Å². The van der Waals surface area contributed by atoms with Crippen LogP contribution in [0.25, 0.3) is 0 Å². The van der Waals surface area contributed by atoms with Crippen molar-refractivity contribution in [3.63, 3.8) is 0 Å². The molecule has 0 aromatic heterocycles. The van der Waals surface area contributed by atoms with E-state index in [1.165, 1.54) is 0 Å². The zero-order valence-corrected chi connectivity index (χ0v) is 34.3. The molecule has 7 amide bonds. The van der Waals surface area contributed by atoms with Crippen molar-refractivity contribution >= 4 is 96.8 Å². The van der Waals surface area contributed by atoms with Crippen LogP contribution in [0.2, 0.25) is 0 Å². The predicted molar refractivity (Wildman–Crippen MR) is 205 cm³/mol. The molecule has 1 unspecified atom stereocenters. The summed E-state index contributed by atoms with van der Waals surface area (Å²) in [5.41, 5.74) is 0.469. The van der Waals surface area contributed by atoms with Gasteiger partial charge in [0.2, 0.25) is 11.8 Å². The van der Waals surface area contributed by atoms with Gasteiger partial charge >= 0.3 is 133 Å². The molecule has 1 aromatic rings. The molecule has 3 rings (SSSR count). The number of anilines is 1. The first-order valence-electron chi connectivity index (χ1n) is 18.4. The number of rotatable bonds is 27. The number of ketones is 1. The Morgan fingerprint density at radius 2 is 1.50 bits per heavy atom. The first-order valence-corrected chi connectivity index (χ1v) is 22.3. The molecule has 0 radical (unpaired) electrons. The van der Waals surface area contributed by atoms with E-state index in [1.54, 1.807) is 24.3 Å². The van der Waals surface area contributed by atoms with Crippen LogP contribution in [0.4, 0.5) is 15.3 Å². The van der Waals surface area contributed by atoms with Crippen molar-refractivity contribution in [2.75, 3.05) is 35.7 Å². The number of unbranched alkanes of at least 4 members (excludes halogenated alkanes) is 4. The van der Waals surface area contributed by atoms with Crippen molar-refractivity contribution in [2.45, 2.75) is 100 Å². The number of fused-ring (bicyclic) bond motifs is 1. The van der Waals surface area contributed by atoms with E-state index >= 15 is 0 Å². The fourth-order valence-corrected chi connectivity index (χ4v) is 8.97. The van der Waals surface area contributed by atoms with Gasteiger partial charge in [0.25, 0.3) is 0 Å². The van der Waals surface area contributed by atoms with E-state index in [-0.39, 0.29) is 48.4 Å². The van der Waals surface area contributed by atoms with E-state index in [0.717, 1.165) is 49.6 Å². The summed E-state index contributed by atoms with van der Waals surface area (Å²) in [7, 11) is 0. The van der Waals surface area contributed by atoms with Gasteiger partial charge in [0.15, 0.2) is 0 Å². The average molecular weight is 882 g/mol. The van der Waals surface area contributed by atoms with Gasteiger partial charge in [-0.1, -0.05) is 19.3 Å². The first-order chi connectivity index (χ1) is 26.8. The number of hydrogen-bond acceptors (Lipinski definition) is 13. The maximum absolute atomic E-state index is 12.7. The van der Waals surface area contributed by atoms with Crippen molar-refractivity contribution in [1.82, 2.24) is 31.9 Å². The Kier molecular flexibility index (Phi) is 20.8. The van der Waals surface area contributed by atoms with E-state index in [9.17, 15) is 52.3 Å². The first kappa shape index (κ1) is 46.2. The fraction of sp³-hybridized carbons (Fsp3) is 0.600. The van der Waals surface area contributed by atoms with Gasteiger partial charge in [-0.3, -0.25) is 14.4 Å². The van der Waals surface area contributed by atoms with Crippen molar-refractivity contribution in [3.05, 3.63) is 24.3 Å².